The molecule has 0 aromatic carbocycles. The zero-order valence-electron chi connectivity index (χ0n) is 11.1. The summed E-state index contributed by atoms with van der Waals surface area (Å²) in [5, 5.41) is 9.31. The van der Waals surface area contributed by atoms with E-state index in [1.54, 1.807) is 24.1 Å². The third kappa shape index (κ3) is 3.13. The number of aromatic nitrogens is 2. The number of amides is 1. The van der Waals surface area contributed by atoms with Crippen molar-refractivity contribution in [3.63, 3.8) is 0 Å². The molecule has 1 amide bonds. The highest BCUT2D eigenvalue weighted by molar-refractivity contribution is 5.94. The number of nitrogens with zero attached hydrogens (tertiary/aromatic N) is 3. The molecule has 1 atom stereocenters. The molecule has 2 rings (SSSR count). The Balaban J connectivity index is 2.20. The number of rotatable bonds is 2. The lowest BCUT2D eigenvalue weighted by Crippen LogP contribution is -2.46. The molecule has 1 fully saturated rings. The summed E-state index contributed by atoms with van der Waals surface area (Å²) in [7, 11) is 1.78. The van der Waals surface area contributed by atoms with Gasteiger partial charge < -0.3 is 14.6 Å². The van der Waals surface area contributed by atoms with Crippen molar-refractivity contribution in [2.75, 3.05) is 6.54 Å². The van der Waals surface area contributed by atoms with Crippen molar-refractivity contribution in [3.8, 4) is 0 Å². The van der Waals surface area contributed by atoms with E-state index in [4.69, 9.17) is 0 Å². The Labute approximate surface area is 112 Å². The first-order valence-electron chi connectivity index (χ1n) is 6.61. The monoisotopic (exact) mass is 265 g/mol. The standard InChI is InChI=1S/C13H19N3O3/c1-15-8-10(14-9-15)12(17)16-7-5-3-2-4-6-11(16)13(18)19/h8-9,11H,2-7H2,1H3,(H,18,19). The maximum absolute atomic E-state index is 12.4. The van der Waals surface area contributed by atoms with Crippen LogP contribution in [0.3, 0.4) is 0 Å². The number of imidazole rings is 1. The number of carboxylic acid groups (broad SMARTS) is 1. The first kappa shape index (κ1) is 13.6. The molecule has 1 aromatic rings. The molecule has 0 spiro atoms. The summed E-state index contributed by atoms with van der Waals surface area (Å²) < 4.78 is 1.69. The third-order valence-electron chi connectivity index (χ3n) is 3.47. The highest BCUT2D eigenvalue weighted by Gasteiger charge is 2.31. The molecule has 0 saturated carbocycles. The van der Waals surface area contributed by atoms with Crippen molar-refractivity contribution in [1.29, 1.82) is 0 Å². The number of carbonyl (C=O) groups is 2. The van der Waals surface area contributed by atoms with Gasteiger partial charge in [-0.2, -0.15) is 0 Å². The van der Waals surface area contributed by atoms with Crippen LogP contribution in [0.25, 0.3) is 0 Å². The Morgan fingerprint density at radius 3 is 2.68 bits per heavy atom. The van der Waals surface area contributed by atoms with Crippen LogP contribution >= 0.6 is 0 Å². The van der Waals surface area contributed by atoms with E-state index in [0.717, 1.165) is 25.7 Å². The normalized spacial score (nSPS) is 20.7. The predicted octanol–water partition coefficient (Wildman–Crippen LogP) is 1.28. The zero-order chi connectivity index (χ0) is 13.8. The molecule has 1 unspecified atom stereocenters. The second kappa shape index (κ2) is 5.86. The first-order valence-corrected chi connectivity index (χ1v) is 6.61. The van der Waals surface area contributed by atoms with Gasteiger partial charge in [-0.1, -0.05) is 19.3 Å². The zero-order valence-corrected chi connectivity index (χ0v) is 11.1. The van der Waals surface area contributed by atoms with Gasteiger partial charge in [0.05, 0.1) is 6.33 Å². The molecular weight excluding hydrogens is 246 g/mol. The molecular formula is C13H19N3O3. The van der Waals surface area contributed by atoms with E-state index in [9.17, 15) is 14.7 Å². The molecule has 6 nitrogen and oxygen atoms in total. The van der Waals surface area contributed by atoms with Gasteiger partial charge >= 0.3 is 5.97 Å². The van der Waals surface area contributed by atoms with Gasteiger partial charge in [0, 0.05) is 19.8 Å². The smallest absolute Gasteiger partial charge is 0.326 e. The van der Waals surface area contributed by atoms with Crippen molar-refractivity contribution in [3.05, 3.63) is 18.2 Å². The predicted molar refractivity (Wildman–Crippen MR) is 68.8 cm³/mol. The minimum absolute atomic E-state index is 0.282. The topological polar surface area (TPSA) is 75.4 Å². The van der Waals surface area contributed by atoms with Crippen LogP contribution in [0.1, 0.15) is 42.6 Å². The minimum atomic E-state index is -0.925. The molecule has 104 valence electrons. The number of hydrogen-bond acceptors (Lipinski definition) is 3. The number of carbonyl (C=O) groups excluding carboxylic acids is 1. The lowest BCUT2D eigenvalue weighted by atomic mass is 10.0. The Morgan fingerprint density at radius 2 is 2.05 bits per heavy atom. The van der Waals surface area contributed by atoms with Crippen molar-refractivity contribution in [1.82, 2.24) is 14.5 Å². The number of carboxylic acids is 1. The van der Waals surface area contributed by atoms with Gasteiger partial charge in [0.15, 0.2) is 0 Å². The summed E-state index contributed by atoms with van der Waals surface area (Å²) in [4.78, 5) is 29.2. The van der Waals surface area contributed by atoms with Gasteiger partial charge in [-0.15, -0.1) is 0 Å². The van der Waals surface area contributed by atoms with E-state index < -0.39 is 12.0 Å². The average Bonchev–Trinajstić information content (AvgIpc) is 2.74. The maximum Gasteiger partial charge on any atom is 0.326 e. The molecule has 2 heterocycles. The summed E-state index contributed by atoms with van der Waals surface area (Å²) in [6, 6.07) is -0.727. The second-order valence-electron chi connectivity index (χ2n) is 4.98. The maximum atomic E-state index is 12.4. The van der Waals surface area contributed by atoms with Crippen LogP contribution in [0.4, 0.5) is 0 Å². The summed E-state index contributed by atoms with van der Waals surface area (Å²) >= 11 is 0. The van der Waals surface area contributed by atoms with E-state index in [1.807, 2.05) is 0 Å². The van der Waals surface area contributed by atoms with Crippen LogP contribution in [0.5, 0.6) is 0 Å². The summed E-state index contributed by atoms with van der Waals surface area (Å²) in [5.41, 5.74) is 0.314. The number of hydrogen-bond donors (Lipinski definition) is 1. The first-order chi connectivity index (χ1) is 9.09. The van der Waals surface area contributed by atoms with E-state index in [-0.39, 0.29) is 5.91 Å². The van der Waals surface area contributed by atoms with Crippen LogP contribution in [0.2, 0.25) is 0 Å². The largest absolute Gasteiger partial charge is 0.480 e. The number of aryl methyl sites for hydroxylation is 1. The van der Waals surface area contributed by atoms with Gasteiger partial charge in [0.25, 0.3) is 5.91 Å². The Bertz CT molecular complexity index is 469. The van der Waals surface area contributed by atoms with E-state index in [0.29, 0.717) is 18.7 Å². The highest BCUT2D eigenvalue weighted by atomic mass is 16.4. The molecule has 1 N–H and O–H groups in total. The fourth-order valence-electron chi connectivity index (χ4n) is 2.46. The van der Waals surface area contributed by atoms with Crippen LogP contribution in [0.15, 0.2) is 12.5 Å². The van der Waals surface area contributed by atoms with E-state index >= 15 is 0 Å². The van der Waals surface area contributed by atoms with Crippen molar-refractivity contribution >= 4 is 11.9 Å². The van der Waals surface area contributed by atoms with Crippen molar-refractivity contribution in [2.45, 2.75) is 38.1 Å². The molecule has 1 aliphatic heterocycles. The minimum Gasteiger partial charge on any atom is -0.480 e. The SMILES string of the molecule is Cn1cnc(C(=O)N2CCCCCCC2C(=O)O)c1. The average molecular weight is 265 g/mol. The molecule has 0 bridgehead atoms. The lowest BCUT2D eigenvalue weighted by Gasteiger charge is -2.30. The van der Waals surface area contributed by atoms with Crippen LogP contribution in [0, 0.1) is 0 Å². The van der Waals surface area contributed by atoms with Gasteiger partial charge in [-0.3, -0.25) is 4.79 Å². The van der Waals surface area contributed by atoms with Gasteiger partial charge in [-0.05, 0) is 12.8 Å². The van der Waals surface area contributed by atoms with Crippen molar-refractivity contribution < 1.29 is 14.7 Å². The summed E-state index contributed by atoms with van der Waals surface area (Å²) in [5.74, 6) is -1.21. The quantitative estimate of drug-likeness (QED) is 0.874. The lowest BCUT2D eigenvalue weighted by molar-refractivity contribution is -0.142. The molecule has 0 aliphatic carbocycles. The molecule has 6 heteroatoms. The van der Waals surface area contributed by atoms with E-state index in [2.05, 4.69) is 4.98 Å². The highest BCUT2D eigenvalue weighted by Crippen LogP contribution is 2.19. The van der Waals surface area contributed by atoms with E-state index in [1.165, 1.54) is 4.90 Å². The molecule has 0 radical (unpaired) electrons. The van der Waals surface area contributed by atoms with Gasteiger partial charge in [0.2, 0.25) is 0 Å². The Kier molecular flexibility index (Phi) is 4.19. The molecule has 1 aliphatic rings. The fraction of sp³-hybridized carbons (Fsp3) is 0.615. The molecule has 1 saturated heterocycles. The van der Waals surface area contributed by atoms with Crippen LogP contribution in [-0.4, -0.2) is 44.0 Å². The number of aliphatic carboxylic acids is 1. The van der Waals surface area contributed by atoms with Crippen LogP contribution in [-0.2, 0) is 11.8 Å². The third-order valence-corrected chi connectivity index (χ3v) is 3.47. The Hall–Kier alpha value is -1.85. The van der Waals surface area contributed by atoms with Crippen molar-refractivity contribution in [2.24, 2.45) is 7.05 Å². The number of likely N-dealkylation sites (tertiary alicyclic amines) is 1. The molecule has 1 aromatic heterocycles. The summed E-state index contributed by atoms with van der Waals surface area (Å²) in [6.07, 6.45) is 7.47. The second-order valence-corrected chi connectivity index (χ2v) is 4.98. The van der Waals surface area contributed by atoms with Gasteiger partial charge in [0.1, 0.15) is 11.7 Å². The van der Waals surface area contributed by atoms with Crippen LogP contribution < -0.4 is 0 Å². The summed E-state index contributed by atoms with van der Waals surface area (Å²) in [6.45, 7) is 0.492. The molecule has 19 heavy (non-hydrogen) atoms. The fourth-order valence-corrected chi connectivity index (χ4v) is 2.46. The van der Waals surface area contributed by atoms with Gasteiger partial charge in [-0.25, -0.2) is 9.78 Å². The Morgan fingerprint density at radius 1 is 1.32 bits per heavy atom.